The number of halogens is 1. The van der Waals surface area contributed by atoms with Gasteiger partial charge < -0.3 is 10.2 Å². The quantitative estimate of drug-likeness (QED) is 0.779. The van der Waals surface area contributed by atoms with Crippen molar-refractivity contribution in [1.29, 1.82) is 0 Å². The molecular formula is C15H23ClN2O. The van der Waals surface area contributed by atoms with Crippen LogP contribution in [0.1, 0.15) is 30.1 Å². The van der Waals surface area contributed by atoms with Crippen molar-refractivity contribution >= 4 is 23.2 Å². The Morgan fingerprint density at radius 2 is 2.16 bits per heavy atom. The van der Waals surface area contributed by atoms with Crippen LogP contribution in [0.2, 0.25) is 0 Å². The van der Waals surface area contributed by atoms with Gasteiger partial charge in [-0.2, -0.15) is 0 Å². The second-order valence-corrected chi connectivity index (χ2v) is 5.28. The molecule has 0 aromatic heterocycles. The van der Waals surface area contributed by atoms with Crippen LogP contribution in [0.4, 0.5) is 5.69 Å². The maximum atomic E-state index is 12.1. The number of nitrogens with zero attached hydrogens (tertiary/aromatic N) is 1. The van der Waals surface area contributed by atoms with Crippen LogP contribution in [0.3, 0.4) is 0 Å². The molecule has 0 aliphatic carbocycles. The van der Waals surface area contributed by atoms with Crippen molar-refractivity contribution in [2.75, 3.05) is 31.4 Å². The van der Waals surface area contributed by atoms with Crippen LogP contribution in [0.25, 0.3) is 0 Å². The Balaban J connectivity index is 2.60. The number of rotatable bonds is 7. The predicted molar refractivity (Wildman–Crippen MR) is 82.2 cm³/mol. The molecule has 0 saturated carbocycles. The van der Waals surface area contributed by atoms with Crippen molar-refractivity contribution < 1.29 is 4.79 Å². The van der Waals surface area contributed by atoms with Gasteiger partial charge in [-0.3, -0.25) is 4.79 Å². The van der Waals surface area contributed by atoms with Crippen molar-refractivity contribution in [3.8, 4) is 0 Å². The molecule has 0 fully saturated rings. The largest absolute Gasteiger partial charge is 0.378 e. The topological polar surface area (TPSA) is 32.3 Å². The van der Waals surface area contributed by atoms with E-state index in [1.807, 2.05) is 43.3 Å². The molecule has 3 nitrogen and oxygen atoms in total. The van der Waals surface area contributed by atoms with Crippen LogP contribution >= 0.6 is 11.6 Å². The van der Waals surface area contributed by atoms with Gasteiger partial charge in [0.15, 0.2) is 0 Å². The first-order valence-electron chi connectivity index (χ1n) is 6.70. The summed E-state index contributed by atoms with van der Waals surface area (Å²) in [5, 5.41) is 2.98. The summed E-state index contributed by atoms with van der Waals surface area (Å²) >= 11 is 5.74. The number of carbonyl (C=O) groups is 1. The third kappa shape index (κ3) is 5.11. The fraction of sp³-hybridized carbons (Fsp3) is 0.533. The smallest absolute Gasteiger partial charge is 0.251 e. The van der Waals surface area contributed by atoms with Crippen LogP contribution in [-0.2, 0) is 0 Å². The molecule has 1 atom stereocenters. The molecule has 0 spiro atoms. The molecular weight excluding hydrogens is 260 g/mol. The standard InChI is InChI=1S/C15H23ClN2O/c1-4-12(8-9-16)11-17-15(19)13-6-5-7-14(10-13)18(2)3/h5-7,10,12H,4,8-9,11H2,1-3H3,(H,17,19). The van der Waals surface area contributed by atoms with E-state index in [1.165, 1.54) is 0 Å². The SMILES string of the molecule is CCC(CCCl)CNC(=O)c1cccc(N(C)C)c1. The van der Waals surface area contributed by atoms with Gasteiger partial charge in [-0.15, -0.1) is 11.6 Å². The van der Waals surface area contributed by atoms with Crippen LogP contribution in [0.5, 0.6) is 0 Å². The minimum atomic E-state index is -0.0169. The molecule has 1 aromatic rings. The van der Waals surface area contributed by atoms with Crippen molar-refractivity contribution in [2.24, 2.45) is 5.92 Å². The van der Waals surface area contributed by atoms with Gasteiger partial charge in [-0.1, -0.05) is 19.4 Å². The molecule has 1 unspecified atom stereocenters. The minimum absolute atomic E-state index is 0.0169. The van der Waals surface area contributed by atoms with Crippen molar-refractivity contribution in [2.45, 2.75) is 19.8 Å². The summed E-state index contributed by atoms with van der Waals surface area (Å²) in [6, 6.07) is 7.63. The fourth-order valence-electron chi connectivity index (χ4n) is 1.87. The molecule has 19 heavy (non-hydrogen) atoms. The second kappa shape index (κ2) is 8.05. The van der Waals surface area contributed by atoms with E-state index in [-0.39, 0.29) is 5.91 Å². The zero-order valence-corrected chi connectivity index (χ0v) is 12.7. The first kappa shape index (κ1) is 15.8. The van der Waals surface area contributed by atoms with Gasteiger partial charge >= 0.3 is 0 Å². The zero-order valence-electron chi connectivity index (χ0n) is 11.9. The van der Waals surface area contributed by atoms with E-state index in [2.05, 4.69) is 12.2 Å². The van der Waals surface area contributed by atoms with Crippen molar-refractivity contribution in [3.63, 3.8) is 0 Å². The number of carbonyl (C=O) groups excluding carboxylic acids is 1. The molecule has 0 aliphatic heterocycles. The number of amides is 1. The number of alkyl halides is 1. The maximum absolute atomic E-state index is 12.1. The average Bonchev–Trinajstić information content (AvgIpc) is 2.43. The van der Waals surface area contributed by atoms with Crippen LogP contribution in [0, 0.1) is 5.92 Å². The van der Waals surface area contributed by atoms with Gasteiger partial charge in [0.1, 0.15) is 0 Å². The van der Waals surface area contributed by atoms with E-state index in [9.17, 15) is 4.79 Å². The predicted octanol–water partition coefficient (Wildman–Crippen LogP) is 3.14. The van der Waals surface area contributed by atoms with E-state index in [0.29, 0.717) is 23.9 Å². The molecule has 0 saturated heterocycles. The first-order chi connectivity index (χ1) is 9.08. The molecule has 0 bridgehead atoms. The monoisotopic (exact) mass is 282 g/mol. The molecule has 4 heteroatoms. The molecule has 0 aliphatic rings. The van der Waals surface area contributed by atoms with Gasteiger partial charge in [0, 0.05) is 37.8 Å². The van der Waals surface area contributed by atoms with Crippen LogP contribution in [0.15, 0.2) is 24.3 Å². The molecule has 1 rings (SSSR count). The highest BCUT2D eigenvalue weighted by Gasteiger charge is 2.10. The lowest BCUT2D eigenvalue weighted by Crippen LogP contribution is -2.29. The third-order valence-electron chi connectivity index (χ3n) is 3.27. The van der Waals surface area contributed by atoms with Gasteiger partial charge in [-0.05, 0) is 30.5 Å². The lowest BCUT2D eigenvalue weighted by molar-refractivity contribution is 0.0946. The minimum Gasteiger partial charge on any atom is -0.378 e. The lowest BCUT2D eigenvalue weighted by atomic mass is 10.0. The average molecular weight is 283 g/mol. The molecule has 0 heterocycles. The highest BCUT2D eigenvalue weighted by Crippen LogP contribution is 2.14. The number of nitrogens with one attached hydrogen (secondary N) is 1. The van der Waals surface area contributed by atoms with Crippen LogP contribution < -0.4 is 10.2 Å². The third-order valence-corrected chi connectivity index (χ3v) is 3.49. The summed E-state index contributed by atoms with van der Waals surface area (Å²) in [4.78, 5) is 14.1. The summed E-state index contributed by atoms with van der Waals surface area (Å²) in [5.41, 5.74) is 1.73. The highest BCUT2D eigenvalue weighted by molar-refractivity contribution is 6.17. The Morgan fingerprint density at radius 3 is 2.74 bits per heavy atom. The van der Waals surface area contributed by atoms with Gasteiger partial charge in [0.25, 0.3) is 5.91 Å². The Morgan fingerprint density at radius 1 is 1.42 bits per heavy atom. The van der Waals surface area contributed by atoms with Crippen LogP contribution in [-0.4, -0.2) is 32.4 Å². The van der Waals surface area contributed by atoms with E-state index in [0.717, 1.165) is 18.5 Å². The molecule has 0 radical (unpaired) electrons. The molecule has 1 amide bonds. The first-order valence-corrected chi connectivity index (χ1v) is 7.23. The lowest BCUT2D eigenvalue weighted by Gasteiger charge is -2.16. The zero-order chi connectivity index (χ0) is 14.3. The Kier molecular flexibility index (Phi) is 6.71. The number of benzene rings is 1. The fourth-order valence-corrected chi connectivity index (χ4v) is 2.18. The summed E-state index contributed by atoms with van der Waals surface area (Å²) in [7, 11) is 3.93. The summed E-state index contributed by atoms with van der Waals surface area (Å²) in [5.74, 6) is 1.08. The molecule has 1 N–H and O–H groups in total. The highest BCUT2D eigenvalue weighted by atomic mass is 35.5. The molecule has 1 aromatic carbocycles. The summed E-state index contributed by atoms with van der Waals surface area (Å²) in [6.45, 7) is 2.81. The summed E-state index contributed by atoms with van der Waals surface area (Å²) in [6.07, 6.45) is 1.97. The summed E-state index contributed by atoms with van der Waals surface area (Å²) < 4.78 is 0. The second-order valence-electron chi connectivity index (χ2n) is 4.91. The Labute approximate surface area is 120 Å². The van der Waals surface area contributed by atoms with E-state index in [1.54, 1.807) is 0 Å². The number of hydrogen-bond donors (Lipinski definition) is 1. The molecule has 106 valence electrons. The van der Waals surface area contributed by atoms with E-state index >= 15 is 0 Å². The van der Waals surface area contributed by atoms with E-state index in [4.69, 9.17) is 11.6 Å². The van der Waals surface area contributed by atoms with E-state index < -0.39 is 0 Å². The van der Waals surface area contributed by atoms with Gasteiger partial charge in [-0.25, -0.2) is 0 Å². The van der Waals surface area contributed by atoms with Crippen molar-refractivity contribution in [1.82, 2.24) is 5.32 Å². The maximum Gasteiger partial charge on any atom is 0.251 e. The Hall–Kier alpha value is -1.22. The normalized spacial score (nSPS) is 12.0. The van der Waals surface area contributed by atoms with Gasteiger partial charge in [0.2, 0.25) is 0 Å². The van der Waals surface area contributed by atoms with Crippen molar-refractivity contribution in [3.05, 3.63) is 29.8 Å². The number of hydrogen-bond acceptors (Lipinski definition) is 2. The Bertz CT molecular complexity index is 407. The number of anilines is 1. The van der Waals surface area contributed by atoms with Gasteiger partial charge in [0.05, 0.1) is 0 Å².